The number of amides is 1. The van der Waals surface area contributed by atoms with Gasteiger partial charge in [-0.1, -0.05) is 13.8 Å². The summed E-state index contributed by atoms with van der Waals surface area (Å²) in [5.41, 5.74) is 2.54. The summed E-state index contributed by atoms with van der Waals surface area (Å²) in [6.45, 7) is 10.8. The fourth-order valence-electron chi connectivity index (χ4n) is 4.09. The third-order valence-electron chi connectivity index (χ3n) is 5.81. The van der Waals surface area contributed by atoms with Gasteiger partial charge in [0, 0.05) is 23.6 Å². The van der Waals surface area contributed by atoms with E-state index in [1.807, 2.05) is 52.1 Å². The molecule has 3 rings (SSSR count). The maximum Gasteiger partial charge on any atom is 0.295 e. The molecule has 0 aliphatic carbocycles. The Labute approximate surface area is 199 Å². The van der Waals surface area contributed by atoms with Gasteiger partial charge >= 0.3 is 0 Å². The van der Waals surface area contributed by atoms with Crippen molar-refractivity contribution in [2.24, 2.45) is 0 Å². The first-order chi connectivity index (χ1) is 15.7. The molecule has 2 aromatic rings. The van der Waals surface area contributed by atoms with Gasteiger partial charge in [0.15, 0.2) is 0 Å². The molecule has 1 atom stereocenters. The van der Waals surface area contributed by atoms with Crippen molar-refractivity contribution in [2.45, 2.75) is 59.1 Å². The molecular formula is C26H33NO5S. The molecule has 1 amide bonds. The number of benzene rings is 1. The summed E-state index contributed by atoms with van der Waals surface area (Å²) in [5, 5.41) is 13.3. The number of carbonyl (C=O) groups excluding carboxylic acids is 2. The van der Waals surface area contributed by atoms with Gasteiger partial charge in [0.2, 0.25) is 0 Å². The molecule has 1 aliphatic rings. The Kier molecular flexibility index (Phi) is 7.97. The number of nitrogens with zero attached hydrogens (tertiary/aromatic N) is 1. The van der Waals surface area contributed by atoms with Crippen LogP contribution in [0.4, 0.5) is 0 Å². The lowest BCUT2D eigenvalue weighted by atomic mass is 9.95. The number of carbonyl (C=O) groups is 2. The lowest BCUT2D eigenvalue weighted by Gasteiger charge is -2.25. The summed E-state index contributed by atoms with van der Waals surface area (Å²) in [6, 6.07) is 6.69. The van der Waals surface area contributed by atoms with Crippen LogP contribution in [0.25, 0.3) is 5.76 Å². The summed E-state index contributed by atoms with van der Waals surface area (Å²) in [5.74, 6) is -0.519. The van der Waals surface area contributed by atoms with Crippen LogP contribution in [-0.2, 0) is 14.3 Å². The molecule has 7 heteroatoms. The normalized spacial score (nSPS) is 18.1. The van der Waals surface area contributed by atoms with Gasteiger partial charge in [0.25, 0.3) is 11.7 Å². The van der Waals surface area contributed by atoms with Crippen LogP contribution in [-0.4, -0.2) is 48.1 Å². The van der Waals surface area contributed by atoms with Crippen molar-refractivity contribution in [1.82, 2.24) is 4.90 Å². The number of rotatable bonds is 9. The molecule has 6 nitrogen and oxygen atoms in total. The molecule has 1 aromatic heterocycles. The zero-order valence-corrected chi connectivity index (χ0v) is 21.0. The predicted octanol–water partition coefficient (Wildman–Crippen LogP) is 5.43. The van der Waals surface area contributed by atoms with E-state index in [-0.39, 0.29) is 23.4 Å². The van der Waals surface area contributed by atoms with Crippen molar-refractivity contribution in [3.63, 3.8) is 0 Å². The first kappa shape index (κ1) is 25.0. The van der Waals surface area contributed by atoms with Crippen molar-refractivity contribution in [3.8, 4) is 5.75 Å². The molecule has 1 fully saturated rings. The topological polar surface area (TPSA) is 76.1 Å². The highest BCUT2D eigenvalue weighted by Crippen LogP contribution is 2.43. The van der Waals surface area contributed by atoms with Gasteiger partial charge in [-0.25, -0.2) is 0 Å². The number of aliphatic hydroxyl groups is 1. The number of hydrogen-bond donors (Lipinski definition) is 1. The molecule has 178 valence electrons. The maximum absolute atomic E-state index is 13.2. The average Bonchev–Trinajstić information content (AvgIpc) is 3.30. The first-order valence-corrected chi connectivity index (χ1v) is 12.2. The summed E-state index contributed by atoms with van der Waals surface area (Å²) in [6.07, 6.45) is 0.701. The molecule has 2 heterocycles. The number of thiophene rings is 1. The van der Waals surface area contributed by atoms with Crippen molar-refractivity contribution in [2.75, 3.05) is 20.3 Å². The Morgan fingerprint density at radius 3 is 2.48 bits per heavy atom. The fraction of sp³-hybridized carbons (Fsp3) is 0.462. The summed E-state index contributed by atoms with van der Waals surface area (Å²) < 4.78 is 11.1. The molecule has 1 saturated heterocycles. The van der Waals surface area contributed by atoms with Crippen molar-refractivity contribution in [3.05, 3.63) is 56.8 Å². The second-order valence-corrected chi connectivity index (χ2v) is 9.79. The second kappa shape index (κ2) is 10.5. The SMILES string of the molecule is COc1ccc(/C(O)=C2/C(=O)C(=O)N(CCCOC(C)C)C2c2sccc2C)cc1C(C)C. The predicted molar refractivity (Wildman–Crippen MR) is 131 cm³/mol. The quantitative estimate of drug-likeness (QED) is 0.229. The number of likely N-dealkylation sites (tertiary alicyclic amines) is 1. The minimum Gasteiger partial charge on any atom is -0.507 e. The van der Waals surface area contributed by atoms with E-state index in [0.717, 1.165) is 21.8 Å². The van der Waals surface area contributed by atoms with E-state index in [1.165, 1.54) is 11.3 Å². The van der Waals surface area contributed by atoms with Gasteiger partial charge in [-0.05, 0) is 73.9 Å². The Morgan fingerprint density at radius 1 is 1.18 bits per heavy atom. The van der Waals surface area contributed by atoms with Crippen LogP contribution in [0.5, 0.6) is 5.75 Å². The van der Waals surface area contributed by atoms with Crippen LogP contribution in [0, 0.1) is 6.92 Å². The highest BCUT2D eigenvalue weighted by atomic mass is 32.1. The van der Waals surface area contributed by atoms with Gasteiger partial charge < -0.3 is 19.5 Å². The third kappa shape index (κ3) is 5.14. The number of aliphatic hydroxyl groups excluding tert-OH is 1. The van der Waals surface area contributed by atoms with E-state index < -0.39 is 17.7 Å². The third-order valence-corrected chi connectivity index (χ3v) is 6.88. The Balaban J connectivity index is 2.07. The number of ketones is 1. The molecule has 0 radical (unpaired) electrons. The van der Waals surface area contributed by atoms with Crippen molar-refractivity contribution in [1.29, 1.82) is 0 Å². The standard InChI is InChI=1S/C26H33NO5S/c1-15(2)19-14-18(8-9-20(19)31-6)23(28)21-22(25-17(5)10-13-33-25)27(26(30)24(21)29)11-7-12-32-16(3)4/h8-10,13-16,22,28H,7,11-12H2,1-6H3/b23-21-. The Morgan fingerprint density at radius 2 is 1.91 bits per heavy atom. The van der Waals surface area contributed by atoms with Crippen LogP contribution in [0.1, 0.15) is 67.6 Å². The second-order valence-electron chi connectivity index (χ2n) is 8.84. The van der Waals surface area contributed by atoms with Crippen molar-refractivity contribution < 1.29 is 24.2 Å². The highest BCUT2D eigenvalue weighted by Gasteiger charge is 2.46. The first-order valence-electron chi connectivity index (χ1n) is 11.3. The molecule has 0 bridgehead atoms. The molecular weight excluding hydrogens is 438 g/mol. The minimum absolute atomic E-state index is 0.0981. The van der Waals surface area contributed by atoms with Gasteiger partial charge in [-0.3, -0.25) is 9.59 Å². The zero-order chi connectivity index (χ0) is 24.3. The van der Waals surface area contributed by atoms with Gasteiger partial charge in [0.05, 0.1) is 24.8 Å². The van der Waals surface area contributed by atoms with Gasteiger partial charge in [-0.15, -0.1) is 11.3 Å². The highest BCUT2D eigenvalue weighted by molar-refractivity contribution is 7.10. The van der Waals surface area contributed by atoms with Crippen LogP contribution in [0.15, 0.2) is 35.2 Å². The van der Waals surface area contributed by atoms with Crippen LogP contribution >= 0.6 is 11.3 Å². The lowest BCUT2D eigenvalue weighted by Crippen LogP contribution is -2.31. The molecule has 1 N–H and O–H groups in total. The summed E-state index contributed by atoms with van der Waals surface area (Å²) in [7, 11) is 1.61. The number of hydrogen-bond acceptors (Lipinski definition) is 6. The van der Waals surface area contributed by atoms with E-state index in [1.54, 1.807) is 24.1 Å². The van der Waals surface area contributed by atoms with E-state index in [9.17, 15) is 14.7 Å². The van der Waals surface area contributed by atoms with E-state index in [0.29, 0.717) is 25.1 Å². The maximum atomic E-state index is 13.2. The van der Waals surface area contributed by atoms with Gasteiger partial charge in [-0.2, -0.15) is 0 Å². The Bertz CT molecular complexity index is 1050. The van der Waals surface area contributed by atoms with Crippen molar-refractivity contribution >= 4 is 28.8 Å². The van der Waals surface area contributed by atoms with E-state index in [2.05, 4.69) is 0 Å². The zero-order valence-electron chi connectivity index (χ0n) is 20.2. The van der Waals surface area contributed by atoms with E-state index >= 15 is 0 Å². The number of Topliss-reactive ketones (excluding diaryl/α,β-unsaturated/α-hetero) is 1. The molecule has 0 saturated carbocycles. The summed E-state index contributed by atoms with van der Waals surface area (Å²) in [4.78, 5) is 28.7. The monoisotopic (exact) mass is 471 g/mol. The number of aryl methyl sites for hydroxylation is 1. The molecule has 1 unspecified atom stereocenters. The van der Waals surface area contributed by atoms with Crippen LogP contribution in [0.2, 0.25) is 0 Å². The van der Waals surface area contributed by atoms with Gasteiger partial charge in [0.1, 0.15) is 11.5 Å². The smallest absolute Gasteiger partial charge is 0.295 e. The fourth-order valence-corrected chi connectivity index (χ4v) is 5.14. The average molecular weight is 472 g/mol. The van der Waals surface area contributed by atoms with Crippen LogP contribution in [0.3, 0.4) is 0 Å². The lowest BCUT2D eigenvalue weighted by molar-refractivity contribution is -0.140. The number of ether oxygens (including phenoxy) is 2. The largest absolute Gasteiger partial charge is 0.507 e. The molecule has 33 heavy (non-hydrogen) atoms. The summed E-state index contributed by atoms with van der Waals surface area (Å²) >= 11 is 1.49. The molecule has 1 aromatic carbocycles. The Hall–Kier alpha value is -2.64. The molecule has 0 spiro atoms. The number of methoxy groups -OCH3 is 1. The van der Waals surface area contributed by atoms with E-state index in [4.69, 9.17) is 9.47 Å². The van der Waals surface area contributed by atoms with Crippen LogP contribution < -0.4 is 4.74 Å². The molecule has 1 aliphatic heterocycles. The minimum atomic E-state index is -0.656.